The lowest BCUT2D eigenvalue weighted by molar-refractivity contribution is -0.113. The molecule has 6 bridgehead atoms. The summed E-state index contributed by atoms with van der Waals surface area (Å²) in [4.78, 5) is 10.8. The van der Waals surface area contributed by atoms with Crippen molar-refractivity contribution in [3.8, 4) is 5.75 Å². The standard InChI is InChI=1S/C40H56N4O2/c1-28-25-43-23-19-34-30-24-29(12-5-3-2-4-6-16-36(28)45)39-40(34,27-43)20-9-7-13-32-31(18-21-41)33-14-11-17-37(46)38(33)42-35(32)15-8-10-22-44(39)26-30/h2-3,7,11,13-14,17,24,28,30,34,36,39,45-46H,4-6,8-10,12,15-16,18-23,25-27,41H2,1H3/t28-,30-,34-,36+,39-,40-/m1/s1. The number of aromatic nitrogens is 1. The molecule has 6 heteroatoms. The summed E-state index contributed by atoms with van der Waals surface area (Å²) in [5.41, 5.74) is 12.4. The van der Waals surface area contributed by atoms with Crippen molar-refractivity contribution >= 4 is 17.0 Å². The smallest absolute Gasteiger partial charge is 0.141 e. The van der Waals surface area contributed by atoms with Gasteiger partial charge in [-0.05, 0) is 132 Å². The first-order valence-electron chi connectivity index (χ1n) is 18.5. The molecule has 2 unspecified atom stereocenters. The molecule has 248 valence electrons. The van der Waals surface area contributed by atoms with Crippen LogP contribution in [0.2, 0.25) is 0 Å². The number of phenols is 1. The number of hydrogen-bond acceptors (Lipinski definition) is 6. The summed E-state index contributed by atoms with van der Waals surface area (Å²) in [5, 5.41) is 22.9. The third-order valence-electron chi connectivity index (χ3n) is 12.3. The minimum absolute atomic E-state index is 0.221. The minimum atomic E-state index is -0.221. The third kappa shape index (κ3) is 6.11. The first kappa shape index (κ1) is 32.1. The maximum absolute atomic E-state index is 11.1. The molecule has 1 aromatic heterocycles. The zero-order valence-electron chi connectivity index (χ0n) is 28.0. The van der Waals surface area contributed by atoms with Gasteiger partial charge in [0.05, 0.1) is 6.10 Å². The number of phenolic OH excluding ortho intramolecular Hbond substituents is 1. The lowest BCUT2D eigenvalue weighted by atomic mass is 9.52. The van der Waals surface area contributed by atoms with Crippen LogP contribution < -0.4 is 5.73 Å². The lowest BCUT2D eigenvalue weighted by Crippen LogP contribution is -2.68. The molecule has 6 nitrogen and oxygen atoms in total. The number of para-hydroxylation sites is 1. The third-order valence-corrected chi connectivity index (χ3v) is 12.3. The number of piperidine rings is 2. The van der Waals surface area contributed by atoms with E-state index in [0.29, 0.717) is 29.9 Å². The van der Waals surface area contributed by atoms with Crippen LogP contribution in [0.3, 0.4) is 0 Å². The molecular weight excluding hydrogens is 568 g/mol. The van der Waals surface area contributed by atoms with Crippen molar-refractivity contribution in [2.75, 3.05) is 39.3 Å². The van der Waals surface area contributed by atoms with Gasteiger partial charge in [0.2, 0.25) is 0 Å². The van der Waals surface area contributed by atoms with Gasteiger partial charge in [-0.2, -0.15) is 0 Å². The van der Waals surface area contributed by atoms with Crippen LogP contribution in [0.15, 0.2) is 48.1 Å². The van der Waals surface area contributed by atoms with Crippen molar-refractivity contribution in [2.45, 2.75) is 96.1 Å². The van der Waals surface area contributed by atoms with E-state index in [-0.39, 0.29) is 17.3 Å². The van der Waals surface area contributed by atoms with Crippen molar-refractivity contribution in [1.29, 1.82) is 0 Å². The number of fused-ring (bicyclic) bond motifs is 3. The first-order chi connectivity index (χ1) is 22.5. The Morgan fingerprint density at radius 1 is 1.00 bits per heavy atom. The van der Waals surface area contributed by atoms with Gasteiger partial charge in [-0.1, -0.05) is 55.0 Å². The van der Waals surface area contributed by atoms with E-state index in [9.17, 15) is 10.2 Å². The van der Waals surface area contributed by atoms with Gasteiger partial charge >= 0.3 is 0 Å². The fraction of sp³-hybridized carbons (Fsp3) is 0.625. The summed E-state index contributed by atoms with van der Waals surface area (Å²) < 4.78 is 0. The number of allylic oxidation sites excluding steroid dienone is 3. The molecule has 0 saturated carbocycles. The average Bonchev–Trinajstić information content (AvgIpc) is 3.05. The summed E-state index contributed by atoms with van der Waals surface area (Å²) in [6, 6.07) is 6.28. The summed E-state index contributed by atoms with van der Waals surface area (Å²) in [7, 11) is 0. The highest BCUT2D eigenvalue weighted by Crippen LogP contribution is 2.57. The predicted molar refractivity (Wildman–Crippen MR) is 189 cm³/mol. The van der Waals surface area contributed by atoms with E-state index < -0.39 is 0 Å². The second-order valence-electron chi connectivity index (χ2n) is 15.2. The summed E-state index contributed by atoms with van der Waals surface area (Å²) in [6.07, 6.45) is 24.9. The number of benzene rings is 1. The quantitative estimate of drug-likeness (QED) is 0.325. The Kier molecular flexibility index (Phi) is 9.70. The molecule has 2 fully saturated rings. The number of pyridine rings is 1. The van der Waals surface area contributed by atoms with E-state index in [1.165, 1.54) is 36.9 Å². The lowest BCUT2D eigenvalue weighted by Gasteiger charge is -2.64. The Morgan fingerprint density at radius 2 is 1.89 bits per heavy atom. The van der Waals surface area contributed by atoms with Crippen molar-refractivity contribution in [3.05, 3.63) is 64.9 Å². The highest BCUT2D eigenvalue weighted by Gasteiger charge is 2.58. The fourth-order valence-electron chi connectivity index (χ4n) is 10.3. The zero-order chi connectivity index (χ0) is 31.7. The molecule has 5 aliphatic heterocycles. The van der Waals surface area contributed by atoms with Gasteiger partial charge in [-0.25, -0.2) is 4.98 Å². The molecule has 1 aromatic carbocycles. The SMILES string of the molecule is C[C@@H]1CN2CC[C@@H]3[C@@H]4C=C(CCC=CCCC[C@@H]1O)[C@H]1N(CCCCc5nc6c(O)cccc6c(CCN)c5C=CCC[C@@]31C2)C4. The van der Waals surface area contributed by atoms with Gasteiger partial charge in [0.15, 0.2) is 0 Å². The maximum atomic E-state index is 11.1. The average molecular weight is 625 g/mol. The predicted octanol–water partition coefficient (Wildman–Crippen LogP) is 6.64. The number of aryl methyl sites for hydroxylation is 1. The molecule has 4 N–H and O–H groups in total. The summed E-state index contributed by atoms with van der Waals surface area (Å²) >= 11 is 0. The van der Waals surface area contributed by atoms with Crippen LogP contribution in [-0.2, 0) is 12.8 Å². The van der Waals surface area contributed by atoms with Crippen LogP contribution in [0.25, 0.3) is 17.0 Å². The summed E-state index contributed by atoms with van der Waals surface area (Å²) in [5.74, 6) is 1.92. The number of nitrogens with two attached hydrogens (primary N) is 1. The highest BCUT2D eigenvalue weighted by atomic mass is 16.3. The topological polar surface area (TPSA) is 85.8 Å². The zero-order valence-corrected chi connectivity index (χ0v) is 28.0. The largest absolute Gasteiger partial charge is 0.506 e. The minimum Gasteiger partial charge on any atom is -0.506 e. The molecule has 46 heavy (non-hydrogen) atoms. The molecular formula is C40H56N4O2. The van der Waals surface area contributed by atoms with Crippen LogP contribution in [0, 0.1) is 23.2 Å². The van der Waals surface area contributed by atoms with Crippen LogP contribution in [0.5, 0.6) is 5.75 Å². The van der Waals surface area contributed by atoms with Crippen LogP contribution in [0.1, 0.15) is 88.0 Å². The fourth-order valence-corrected chi connectivity index (χ4v) is 10.3. The van der Waals surface area contributed by atoms with Gasteiger partial charge in [0.1, 0.15) is 11.3 Å². The number of aromatic hydroxyl groups is 1. The Hall–Kier alpha value is -2.51. The second-order valence-corrected chi connectivity index (χ2v) is 15.2. The molecule has 2 aromatic rings. The van der Waals surface area contributed by atoms with Crippen LogP contribution >= 0.6 is 0 Å². The number of aliphatic hydroxyl groups excluding tert-OH is 1. The van der Waals surface area contributed by atoms with Crippen molar-refractivity contribution in [2.24, 2.45) is 28.9 Å². The number of aliphatic hydroxyl groups is 1. The van der Waals surface area contributed by atoms with Crippen LogP contribution in [-0.4, -0.2) is 76.4 Å². The first-order valence-corrected chi connectivity index (χ1v) is 18.5. The van der Waals surface area contributed by atoms with E-state index in [2.05, 4.69) is 53.2 Å². The van der Waals surface area contributed by atoms with Gasteiger partial charge in [0.25, 0.3) is 0 Å². The molecule has 2 saturated heterocycles. The van der Waals surface area contributed by atoms with Gasteiger partial charge in [0, 0.05) is 42.2 Å². The number of rotatable bonds is 2. The van der Waals surface area contributed by atoms with Gasteiger partial charge in [-0.3, -0.25) is 4.90 Å². The normalized spacial score (nSPS) is 35.3. The van der Waals surface area contributed by atoms with E-state index in [4.69, 9.17) is 10.7 Å². The van der Waals surface area contributed by atoms with Gasteiger partial charge < -0.3 is 20.8 Å². The van der Waals surface area contributed by atoms with E-state index in [1.807, 2.05) is 6.07 Å². The van der Waals surface area contributed by atoms with E-state index >= 15 is 0 Å². The van der Waals surface area contributed by atoms with E-state index in [0.717, 1.165) is 101 Å². The van der Waals surface area contributed by atoms with E-state index in [1.54, 1.807) is 11.6 Å². The number of nitrogens with zero attached hydrogens (tertiary/aromatic N) is 3. The molecule has 8 atom stereocenters. The monoisotopic (exact) mass is 624 g/mol. The second kappa shape index (κ2) is 13.9. The van der Waals surface area contributed by atoms with Crippen molar-refractivity contribution in [1.82, 2.24) is 14.8 Å². The Morgan fingerprint density at radius 3 is 2.78 bits per heavy atom. The molecule has 6 heterocycles. The molecule has 1 aliphatic carbocycles. The molecule has 1 spiro atoms. The summed E-state index contributed by atoms with van der Waals surface area (Å²) in [6.45, 7) is 8.49. The Labute approximate surface area is 276 Å². The van der Waals surface area contributed by atoms with Crippen molar-refractivity contribution in [3.63, 3.8) is 0 Å². The van der Waals surface area contributed by atoms with Crippen LogP contribution in [0.4, 0.5) is 0 Å². The number of hydrogen-bond donors (Lipinski definition) is 3. The molecule has 6 aliphatic rings. The molecule has 0 radical (unpaired) electrons. The Bertz CT molecular complexity index is 1480. The molecule has 0 amide bonds. The van der Waals surface area contributed by atoms with Gasteiger partial charge in [-0.15, -0.1) is 0 Å². The maximum Gasteiger partial charge on any atom is 0.141 e. The molecule has 8 rings (SSSR count). The Balaban J connectivity index is 1.27. The highest BCUT2D eigenvalue weighted by molar-refractivity contribution is 5.90. The van der Waals surface area contributed by atoms with Crippen molar-refractivity contribution < 1.29 is 10.2 Å².